The van der Waals surface area contributed by atoms with Crippen LogP contribution in [0.5, 0.6) is 5.75 Å². The van der Waals surface area contributed by atoms with Crippen molar-refractivity contribution in [3.63, 3.8) is 0 Å². The summed E-state index contributed by atoms with van der Waals surface area (Å²) in [5, 5.41) is 10.0. The van der Waals surface area contributed by atoms with Crippen molar-refractivity contribution < 1.29 is 17.9 Å². The molecule has 6 rings (SSSR count). The van der Waals surface area contributed by atoms with Crippen molar-refractivity contribution in [2.24, 2.45) is 5.92 Å². The monoisotopic (exact) mass is 632 g/mol. The van der Waals surface area contributed by atoms with E-state index < -0.39 is 10.0 Å². The van der Waals surface area contributed by atoms with Gasteiger partial charge in [0.2, 0.25) is 21.9 Å². The van der Waals surface area contributed by atoms with Gasteiger partial charge in [0.25, 0.3) is 0 Å². The maximum absolute atomic E-state index is 13.2. The Morgan fingerprint density at radius 1 is 1.02 bits per heavy atom. The third-order valence-electron chi connectivity index (χ3n) is 8.00. The van der Waals surface area contributed by atoms with Gasteiger partial charge < -0.3 is 20.7 Å². The van der Waals surface area contributed by atoms with E-state index in [9.17, 15) is 13.2 Å². The number of rotatable bonds is 6. The lowest BCUT2D eigenvalue weighted by molar-refractivity contribution is -0.117. The molecule has 10 nitrogen and oxygen atoms in total. The molecule has 0 atom stereocenters. The van der Waals surface area contributed by atoms with Gasteiger partial charge in [-0.3, -0.25) is 4.79 Å². The molecule has 3 heterocycles. The van der Waals surface area contributed by atoms with Gasteiger partial charge in [-0.25, -0.2) is 13.4 Å². The normalized spacial score (nSPS) is 15.5. The number of ether oxygens (including phenoxy) is 1. The number of methoxy groups -OCH3 is 1. The number of nitrogens with zero attached hydrogens (tertiary/aromatic N) is 3. The van der Waals surface area contributed by atoms with Crippen LogP contribution in [0, 0.1) is 5.92 Å². The minimum absolute atomic E-state index is 0.0870. The van der Waals surface area contributed by atoms with E-state index in [1.807, 2.05) is 30.3 Å². The molecular weight excluding hydrogens is 600 g/mol. The molecule has 2 aliphatic heterocycles. The number of carbonyl (C=O) groups excluding carboxylic acids is 1. The Morgan fingerprint density at radius 3 is 2.57 bits per heavy atom. The summed E-state index contributed by atoms with van der Waals surface area (Å²) in [5.41, 5.74) is 4.53. The Labute approximate surface area is 261 Å². The lowest BCUT2D eigenvalue weighted by Crippen LogP contribution is -2.39. The highest BCUT2D eigenvalue weighted by molar-refractivity contribution is 7.89. The van der Waals surface area contributed by atoms with Crippen molar-refractivity contribution in [3.8, 4) is 5.75 Å². The van der Waals surface area contributed by atoms with Crippen LogP contribution in [0.1, 0.15) is 30.4 Å². The first-order chi connectivity index (χ1) is 21.3. The Morgan fingerprint density at radius 2 is 1.80 bits per heavy atom. The van der Waals surface area contributed by atoms with Crippen LogP contribution < -0.4 is 20.7 Å². The second kappa shape index (κ2) is 12.8. The van der Waals surface area contributed by atoms with E-state index in [4.69, 9.17) is 16.3 Å². The number of nitrogens with one attached hydrogen (secondary N) is 3. The lowest BCUT2D eigenvalue weighted by atomic mass is 9.94. The number of hydrogen-bond acceptors (Lipinski definition) is 8. The van der Waals surface area contributed by atoms with E-state index in [0.717, 1.165) is 34.6 Å². The van der Waals surface area contributed by atoms with Crippen molar-refractivity contribution in [1.82, 2.24) is 14.3 Å². The van der Waals surface area contributed by atoms with Crippen LogP contribution >= 0.6 is 11.6 Å². The van der Waals surface area contributed by atoms with Gasteiger partial charge in [-0.1, -0.05) is 23.7 Å². The van der Waals surface area contributed by atoms with Crippen molar-refractivity contribution in [3.05, 3.63) is 89.1 Å². The molecule has 228 valence electrons. The third-order valence-corrected chi connectivity index (χ3v) is 10.2. The standard InChI is InChI=1S/C32H33ClN6O4S/c1-43-26-8-10-27(11-9-26)44(41,42)39-15-13-22(14-16-39)18-30(40)37-29-12-7-25-19-23(29)6-5-21-3-2-4-24(17-21)36-32-34-20-28(33)31(35-25)38-32/h2-4,7-12,17,19-20,22H,5-6,13-16,18H2,1H3,(H,37,40)(H2,34,35,36,38). The Hall–Kier alpha value is -4.19. The van der Waals surface area contributed by atoms with Crippen molar-refractivity contribution in [2.45, 2.75) is 37.0 Å². The predicted octanol–water partition coefficient (Wildman–Crippen LogP) is 6.15. The number of carbonyl (C=O) groups is 1. The fourth-order valence-electron chi connectivity index (χ4n) is 5.58. The van der Waals surface area contributed by atoms with Gasteiger partial charge in [0.15, 0.2) is 5.82 Å². The van der Waals surface area contributed by atoms with E-state index in [2.05, 4.69) is 38.1 Å². The van der Waals surface area contributed by atoms with Gasteiger partial charge in [-0.15, -0.1) is 0 Å². The molecule has 4 aromatic rings. The Balaban J connectivity index is 1.13. The second-order valence-corrected chi connectivity index (χ2v) is 13.3. The van der Waals surface area contributed by atoms with Gasteiger partial charge in [0.05, 0.1) is 18.2 Å². The zero-order valence-corrected chi connectivity index (χ0v) is 25.8. The number of halogens is 1. The number of aromatic nitrogens is 2. The predicted molar refractivity (Wildman–Crippen MR) is 172 cm³/mol. The lowest BCUT2D eigenvalue weighted by Gasteiger charge is -2.31. The molecule has 0 radical (unpaired) electrons. The highest BCUT2D eigenvalue weighted by atomic mass is 35.5. The molecule has 3 aromatic carbocycles. The highest BCUT2D eigenvalue weighted by Crippen LogP contribution is 2.31. The third kappa shape index (κ3) is 6.80. The molecule has 0 aliphatic carbocycles. The zero-order valence-electron chi connectivity index (χ0n) is 24.2. The van der Waals surface area contributed by atoms with Gasteiger partial charge in [0, 0.05) is 36.6 Å². The smallest absolute Gasteiger partial charge is 0.243 e. The van der Waals surface area contributed by atoms with Crippen LogP contribution in [-0.2, 0) is 27.7 Å². The second-order valence-electron chi connectivity index (χ2n) is 11.0. The molecule has 0 saturated carbocycles. The molecular formula is C32H33ClN6O4S. The fourth-order valence-corrected chi connectivity index (χ4v) is 7.19. The Kier molecular flexibility index (Phi) is 8.69. The molecule has 0 spiro atoms. The average Bonchev–Trinajstić information content (AvgIpc) is 3.03. The maximum atomic E-state index is 13.2. The van der Waals surface area contributed by atoms with Crippen LogP contribution in [0.2, 0.25) is 5.02 Å². The van der Waals surface area contributed by atoms with E-state index in [0.29, 0.717) is 61.3 Å². The minimum Gasteiger partial charge on any atom is -0.497 e. The SMILES string of the molecule is COc1ccc(S(=O)(=O)N2CCC(CC(=O)Nc3ccc4cc3CCc3cccc(c3)Nc3ncc(Cl)c(n3)N4)CC2)cc1. The zero-order chi connectivity index (χ0) is 30.7. The van der Waals surface area contributed by atoms with E-state index in [1.54, 1.807) is 37.6 Å². The van der Waals surface area contributed by atoms with Crippen LogP contribution in [0.25, 0.3) is 0 Å². The number of piperidine rings is 1. The maximum Gasteiger partial charge on any atom is 0.243 e. The van der Waals surface area contributed by atoms with Crippen LogP contribution in [0.15, 0.2) is 77.8 Å². The number of anilines is 5. The first-order valence-electron chi connectivity index (χ1n) is 14.5. The summed E-state index contributed by atoms with van der Waals surface area (Å²) in [6.07, 6.45) is 4.57. The highest BCUT2D eigenvalue weighted by Gasteiger charge is 2.30. The number of hydrogen-bond donors (Lipinski definition) is 3. The number of amides is 1. The van der Waals surface area contributed by atoms with Crippen LogP contribution in [-0.4, -0.2) is 48.8 Å². The first kappa shape index (κ1) is 29.9. The molecule has 2 aliphatic rings. The molecule has 3 N–H and O–H groups in total. The molecule has 6 bridgehead atoms. The van der Waals surface area contributed by atoms with E-state index in [-0.39, 0.29) is 16.7 Å². The Bertz CT molecular complexity index is 1780. The molecule has 44 heavy (non-hydrogen) atoms. The molecule has 1 amide bonds. The summed E-state index contributed by atoms with van der Waals surface area (Å²) in [5.74, 6) is 1.51. The number of benzene rings is 3. The summed E-state index contributed by atoms with van der Waals surface area (Å²) in [7, 11) is -2.06. The molecule has 0 unspecified atom stereocenters. The van der Waals surface area contributed by atoms with Crippen molar-refractivity contribution in [1.29, 1.82) is 0 Å². The largest absolute Gasteiger partial charge is 0.497 e. The van der Waals surface area contributed by atoms with Gasteiger partial charge in [-0.05, 0) is 97.3 Å². The summed E-state index contributed by atoms with van der Waals surface area (Å²) in [6.45, 7) is 0.748. The fraction of sp³-hybridized carbons (Fsp3) is 0.281. The summed E-state index contributed by atoms with van der Waals surface area (Å²) >= 11 is 6.39. The van der Waals surface area contributed by atoms with Gasteiger partial charge in [-0.2, -0.15) is 9.29 Å². The van der Waals surface area contributed by atoms with E-state index >= 15 is 0 Å². The van der Waals surface area contributed by atoms with Crippen LogP contribution in [0.3, 0.4) is 0 Å². The van der Waals surface area contributed by atoms with Crippen LogP contribution in [0.4, 0.5) is 28.8 Å². The van der Waals surface area contributed by atoms with Crippen molar-refractivity contribution in [2.75, 3.05) is 36.1 Å². The van der Waals surface area contributed by atoms with E-state index in [1.165, 1.54) is 4.31 Å². The molecule has 1 aromatic heterocycles. The van der Waals surface area contributed by atoms with Gasteiger partial charge in [0.1, 0.15) is 10.8 Å². The number of aryl methyl sites for hydroxylation is 2. The summed E-state index contributed by atoms with van der Waals surface area (Å²) in [6, 6.07) is 20.3. The van der Waals surface area contributed by atoms with Gasteiger partial charge >= 0.3 is 0 Å². The summed E-state index contributed by atoms with van der Waals surface area (Å²) < 4.78 is 32.9. The number of fused-ring (bicyclic) bond motifs is 6. The molecule has 1 fully saturated rings. The topological polar surface area (TPSA) is 126 Å². The first-order valence-corrected chi connectivity index (χ1v) is 16.3. The minimum atomic E-state index is -3.60. The number of sulfonamides is 1. The van der Waals surface area contributed by atoms with Crippen molar-refractivity contribution >= 4 is 56.4 Å². The molecule has 1 saturated heterocycles. The summed E-state index contributed by atoms with van der Waals surface area (Å²) in [4.78, 5) is 22.3. The quantitative estimate of drug-likeness (QED) is 0.231. The average molecular weight is 633 g/mol. The molecule has 12 heteroatoms.